The quantitative estimate of drug-likeness (QED) is 0.776. The zero-order valence-corrected chi connectivity index (χ0v) is 10.6. The molecule has 0 radical (unpaired) electrons. The summed E-state index contributed by atoms with van der Waals surface area (Å²) < 4.78 is 10.6. The van der Waals surface area contributed by atoms with E-state index in [0.29, 0.717) is 24.5 Å². The molecule has 1 N–H and O–H groups in total. The molecule has 1 aliphatic rings. The van der Waals surface area contributed by atoms with Crippen LogP contribution in [0.1, 0.15) is 16.8 Å². The summed E-state index contributed by atoms with van der Waals surface area (Å²) in [5.74, 6) is 0.802. The second kappa shape index (κ2) is 6.52. The van der Waals surface area contributed by atoms with Crippen LogP contribution in [-0.2, 0) is 4.74 Å². The molecule has 98 valence electrons. The number of carbonyl (C=O) groups is 1. The van der Waals surface area contributed by atoms with Crippen LogP contribution in [0.3, 0.4) is 0 Å². The summed E-state index contributed by atoms with van der Waals surface area (Å²) in [6.07, 6.45) is 0.953. The van der Waals surface area contributed by atoms with E-state index in [9.17, 15) is 4.79 Å². The standard InChI is InChI=1S/C14H19NO3/c1-17-8-4-7-15-9-11-10-18-13-6-3-2-5-12(13)14(11)16/h2-3,5-6,11,15H,4,7-10H2,1H3. The first-order chi connectivity index (χ1) is 8.83. The molecule has 0 saturated carbocycles. The minimum atomic E-state index is -0.0811. The summed E-state index contributed by atoms with van der Waals surface area (Å²) in [6.45, 7) is 2.73. The Hall–Kier alpha value is -1.39. The van der Waals surface area contributed by atoms with Gasteiger partial charge in [0.2, 0.25) is 0 Å². The first-order valence-electron chi connectivity index (χ1n) is 6.28. The summed E-state index contributed by atoms with van der Waals surface area (Å²) in [5, 5.41) is 3.27. The Labute approximate surface area is 107 Å². The molecular formula is C14H19NO3. The van der Waals surface area contributed by atoms with E-state index in [1.165, 1.54) is 0 Å². The van der Waals surface area contributed by atoms with Gasteiger partial charge in [0, 0.05) is 20.3 Å². The number of hydrogen-bond acceptors (Lipinski definition) is 4. The average Bonchev–Trinajstić information content (AvgIpc) is 2.41. The van der Waals surface area contributed by atoms with Crippen LogP contribution in [0.5, 0.6) is 5.75 Å². The molecule has 4 heteroatoms. The van der Waals surface area contributed by atoms with E-state index in [4.69, 9.17) is 9.47 Å². The lowest BCUT2D eigenvalue weighted by Crippen LogP contribution is -2.36. The lowest BCUT2D eigenvalue weighted by molar-refractivity contribution is 0.0829. The van der Waals surface area contributed by atoms with Crippen molar-refractivity contribution in [3.05, 3.63) is 29.8 Å². The van der Waals surface area contributed by atoms with Crippen molar-refractivity contribution in [2.75, 3.05) is 33.4 Å². The van der Waals surface area contributed by atoms with Gasteiger partial charge in [-0.25, -0.2) is 0 Å². The SMILES string of the molecule is COCCCNCC1COc2ccccc2C1=O. The molecule has 0 aliphatic carbocycles. The minimum absolute atomic E-state index is 0.0811. The fourth-order valence-electron chi connectivity index (χ4n) is 2.05. The molecule has 1 atom stereocenters. The summed E-state index contributed by atoms with van der Waals surface area (Å²) in [4.78, 5) is 12.2. The maximum Gasteiger partial charge on any atom is 0.174 e. The van der Waals surface area contributed by atoms with Gasteiger partial charge in [0.1, 0.15) is 5.75 Å². The van der Waals surface area contributed by atoms with Crippen molar-refractivity contribution < 1.29 is 14.3 Å². The van der Waals surface area contributed by atoms with E-state index >= 15 is 0 Å². The van der Waals surface area contributed by atoms with E-state index in [-0.39, 0.29) is 11.7 Å². The monoisotopic (exact) mass is 249 g/mol. The number of carbonyl (C=O) groups excluding carboxylic acids is 1. The zero-order chi connectivity index (χ0) is 12.8. The van der Waals surface area contributed by atoms with Crippen molar-refractivity contribution in [3.63, 3.8) is 0 Å². The van der Waals surface area contributed by atoms with Gasteiger partial charge in [0.15, 0.2) is 5.78 Å². The van der Waals surface area contributed by atoms with Gasteiger partial charge in [-0.15, -0.1) is 0 Å². The predicted octanol–water partition coefficient (Wildman–Crippen LogP) is 1.50. The second-order valence-corrected chi connectivity index (χ2v) is 4.42. The third-order valence-corrected chi connectivity index (χ3v) is 3.06. The van der Waals surface area contributed by atoms with E-state index in [2.05, 4.69) is 5.32 Å². The van der Waals surface area contributed by atoms with Crippen molar-refractivity contribution in [1.29, 1.82) is 0 Å². The zero-order valence-electron chi connectivity index (χ0n) is 10.6. The summed E-state index contributed by atoms with van der Waals surface area (Å²) in [7, 11) is 1.69. The topological polar surface area (TPSA) is 47.6 Å². The van der Waals surface area contributed by atoms with Gasteiger partial charge in [0.25, 0.3) is 0 Å². The van der Waals surface area contributed by atoms with Crippen LogP contribution in [0.2, 0.25) is 0 Å². The molecule has 0 spiro atoms. The largest absolute Gasteiger partial charge is 0.492 e. The predicted molar refractivity (Wildman–Crippen MR) is 69.1 cm³/mol. The molecular weight excluding hydrogens is 230 g/mol. The van der Waals surface area contributed by atoms with Crippen molar-refractivity contribution in [3.8, 4) is 5.75 Å². The number of methoxy groups -OCH3 is 1. The highest BCUT2D eigenvalue weighted by Crippen LogP contribution is 2.26. The molecule has 0 aromatic heterocycles. The Morgan fingerprint density at radius 2 is 2.28 bits per heavy atom. The maximum absolute atomic E-state index is 12.2. The molecule has 18 heavy (non-hydrogen) atoms. The Morgan fingerprint density at radius 3 is 3.11 bits per heavy atom. The number of rotatable bonds is 6. The van der Waals surface area contributed by atoms with Gasteiger partial charge in [-0.1, -0.05) is 12.1 Å². The number of benzene rings is 1. The molecule has 0 bridgehead atoms. The van der Waals surface area contributed by atoms with E-state index < -0.39 is 0 Å². The number of ketones is 1. The number of nitrogens with one attached hydrogen (secondary N) is 1. The molecule has 0 fully saturated rings. The highest BCUT2D eigenvalue weighted by molar-refractivity contribution is 6.01. The fourth-order valence-corrected chi connectivity index (χ4v) is 2.05. The molecule has 0 amide bonds. The molecule has 0 saturated heterocycles. The third kappa shape index (κ3) is 3.09. The van der Waals surface area contributed by atoms with Gasteiger partial charge < -0.3 is 14.8 Å². The Kier molecular flexibility index (Phi) is 4.73. The van der Waals surface area contributed by atoms with Gasteiger partial charge in [-0.05, 0) is 25.1 Å². The maximum atomic E-state index is 12.2. The molecule has 4 nitrogen and oxygen atoms in total. The third-order valence-electron chi connectivity index (χ3n) is 3.06. The number of hydrogen-bond donors (Lipinski definition) is 1. The molecule has 1 aromatic carbocycles. The van der Waals surface area contributed by atoms with Crippen molar-refractivity contribution in [1.82, 2.24) is 5.32 Å². The van der Waals surface area contributed by atoms with Crippen molar-refractivity contribution in [2.24, 2.45) is 5.92 Å². The number of fused-ring (bicyclic) bond motifs is 1. The lowest BCUT2D eigenvalue weighted by atomic mass is 9.95. The van der Waals surface area contributed by atoms with Crippen LogP contribution in [0, 0.1) is 5.92 Å². The first kappa shape index (κ1) is 13.1. The number of para-hydroxylation sites is 1. The summed E-state index contributed by atoms with van der Waals surface area (Å²) >= 11 is 0. The molecule has 1 aromatic rings. The Bertz CT molecular complexity index is 406. The minimum Gasteiger partial charge on any atom is -0.492 e. The van der Waals surface area contributed by atoms with Crippen LogP contribution in [0.15, 0.2) is 24.3 Å². The molecule has 1 unspecified atom stereocenters. The normalized spacial score (nSPS) is 18.3. The summed E-state index contributed by atoms with van der Waals surface area (Å²) in [5.41, 5.74) is 0.701. The van der Waals surface area contributed by atoms with Crippen LogP contribution in [0.25, 0.3) is 0 Å². The Morgan fingerprint density at radius 1 is 1.44 bits per heavy atom. The van der Waals surface area contributed by atoms with Gasteiger partial charge in [-0.3, -0.25) is 4.79 Å². The molecule has 2 rings (SSSR count). The van der Waals surface area contributed by atoms with E-state index in [1.54, 1.807) is 7.11 Å². The summed E-state index contributed by atoms with van der Waals surface area (Å²) in [6, 6.07) is 7.42. The average molecular weight is 249 g/mol. The van der Waals surface area contributed by atoms with Gasteiger partial charge in [0.05, 0.1) is 18.1 Å². The van der Waals surface area contributed by atoms with Crippen LogP contribution >= 0.6 is 0 Å². The highest BCUT2D eigenvalue weighted by atomic mass is 16.5. The van der Waals surface area contributed by atoms with E-state index in [1.807, 2.05) is 24.3 Å². The van der Waals surface area contributed by atoms with Crippen molar-refractivity contribution in [2.45, 2.75) is 6.42 Å². The Balaban J connectivity index is 1.84. The molecule has 1 aliphatic heterocycles. The lowest BCUT2D eigenvalue weighted by Gasteiger charge is -2.24. The number of Topliss-reactive ketones (excluding diaryl/α,β-unsaturated/α-hetero) is 1. The first-order valence-corrected chi connectivity index (χ1v) is 6.28. The second-order valence-electron chi connectivity index (χ2n) is 4.42. The van der Waals surface area contributed by atoms with Crippen LogP contribution in [0.4, 0.5) is 0 Å². The molecule has 1 heterocycles. The van der Waals surface area contributed by atoms with Crippen molar-refractivity contribution >= 4 is 5.78 Å². The number of ether oxygens (including phenoxy) is 2. The van der Waals surface area contributed by atoms with E-state index in [0.717, 1.165) is 19.6 Å². The van der Waals surface area contributed by atoms with Crippen LogP contribution in [-0.4, -0.2) is 39.2 Å². The highest BCUT2D eigenvalue weighted by Gasteiger charge is 2.27. The fraction of sp³-hybridized carbons (Fsp3) is 0.500. The smallest absolute Gasteiger partial charge is 0.174 e. The van der Waals surface area contributed by atoms with Gasteiger partial charge >= 0.3 is 0 Å². The van der Waals surface area contributed by atoms with Crippen LogP contribution < -0.4 is 10.1 Å². The van der Waals surface area contributed by atoms with Gasteiger partial charge in [-0.2, -0.15) is 0 Å².